The average molecular weight is 417 g/mol. The summed E-state index contributed by atoms with van der Waals surface area (Å²) >= 11 is 0. The fourth-order valence-electron chi connectivity index (χ4n) is 3.21. The first-order valence-corrected chi connectivity index (χ1v) is 9.00. The molecule has 3 N–H and O–H groups in total. The van der Waals surface area contributed by atoms with Crippen molar-refractivity contribution in [2.75, 3.05) is 19.7 Å². The van der Waals surface area contributed by atoms with E-state index < -0.39 is 34.4 Å². The van der Waals surface area contributed by atoms with E-state index in [0.717, 1.165) is 4.90 Å². The molecule has 0 radical (unpaired) electrons. The fraction of sp³-hybridized carbons (Fsp3) is 0.333. The Bertz CT molecular complexity index is 989. The van der Waals surface area contributed by atoms with Gasteiger partial charge in [0.1, 0.15) is 5.54 Å². The van der Waals surface area contributed by atoms with Gasteiger partial charge in [-0.2, -0.15) is 0 Å². The van der Waals surface area contributed by atoms with Crippen molar-refractivity contribution in [2.45, 2.75) is 19.4 Å². The number of benzene rings is 1. The normalized spacial score (nSPS) is 21.1. The molecule has 0 bridgehead atoms. The molecule has 1 atom stereocenters. The molecule has 12 heteroatoms. The van der Waals surface area contributed by atoms with Gasteiger partial charge in [-0.15, -0.1) is 0 Å². The van der Waals surface area contributed by atoms with Crippen LogP contribution in [-0.4, -0.2) is 53.5 Å². The van der Waals surface area contributed by atoms with E-state index in [-0.39, 0.29) is 42.2 Å². The highest BCUT2D eigenvalue weighted by molar-refractivity contribution is 6.07. The minimum absolute atomic E-state index is 0.0593. The third-order valence-corrected chi connectivity index (χ3v) is 4.80. The first-order chi connectivity index (χ1) is 14.2. The monoisotopic (exact) mass is 417 g/mol. The number of carbonyl (C=O) groups is 4. The number of imide groups is 1. The maximum atomic E-state index is 13.1. The van der Waals surface area contributed by atoms with E-state index >= 15 is 0 Å². The van der Waals surface area contributed by atoms with Crippen LogP contribution in [-0.2, 0) is 19.9 Å². The van der Waals surface area contributed by atoms with E-state index in [9.17, 15) is 29.3 Å². The van der Waals surface area contributed by atoms with Crippen LogP contribution in [0.2, 0.25) is 0 Å². The molecule has 3 rings (SSSR count). The molecule has 1 saturated heterocycles. The molecule has 30 heavy (non-hydrogen) atoms. The Balaban J connectivity index is 1.92. The van der Waals surface area contributed by atoms with Gasteiger partial charge in [0, 0.05) is 12.1 Å². The number of nitrogens with one attached hydrogen (secondary N) is 3. The Hall–Kier alpha value is -3.96. The molecule has 158 valence electrons. The summed E-state index contributed by atoms with van der Waals surface area (Å²) in [7, 11) is 0. The first kappa shape index (κ1) is 20.8. The Morgan fingerprint density at radius 3 is 2.73 bits per heavy atom. The summed E-state index contributed by atoms with van der Waals surface area (Å²) in [5.74, 6) is -1.37. The second kappa shape index (κ2) is 7.81. The summed E-state index contributed by atoms with van der Waals surface area (Å²) < 4.78 is 4.95. The van der Waals surface area contributed by atoms with Gasteiger partial charge in [-0.1, -0.05) is 12.1 Å². The molecular formula is C18H19N5O7. The van der Waals surface area contributed by atoms with Gasteiger partial charge in [0.15, 0.2) is 0 Å². The lowest BCUT2D eigenvalue weighted by atomic mass is 9.91. The van der Waals surface area contributed by atoms with Crippen molar-refractivity contribution in [1.29, 1.82) is 0 Å². The zero-order valence-corrected chi connectivity index (χ0v) is 16.2. The van der Waals surface area contributed by atoms with Gasteiger partial charge in [-0.05, 0) is 19.4 Å². The van der Waals surface area contributed by atoms with Crippen molar-refractivity contribution < 1.29 is 28.8 Å². The number of amides is 5. The van der Waals surface area contributed by atoms with Gasteiger partial charge >= 0.3 is 18.0 Å². The van der Waals surface area contributed by atoms with Crippen molar-refractivity contribution >= 4 is 29.6 Å². The van der Waals surface area contributed by atoms with Gasteiger partial charge in [-0.25, -0.2) is 14.4 Å². The highest BCUT2D eigenvalue weighted by atomic mass is 16.6. The Morgan fingerprint density at radius 2 is 2.07 bits per heavy atom. The number of carbonyl (C=O) groups excluding carboxylic acids is 4. The number of rotatable bonds is 6. The molecule has 2 aliphatic heterocycles. The molecule has 1 unspecified atom stereocenters. The SMILES string of the molecule is CCOC(=O)C1=C(CN2C(=O)NC(C)(c3cccc([N+](=O)[O-])c3)C2=O)NC(=O)NC1. The fourth-order valence-corrected chi connectivity index (χ4v) is 3.21. The maximum Gasteiger partial charge on any atom is 0.337 e. The minimum Gasteiger partial charge on any atom is -0.463 e. The molecule has 1 fully saturated rings. The van der Waals surface area contributed by atoms with Crippen LogP contribution in [0.3, 0.4) is 0 Å². The topological polar surface area (TPSA) is 160 Å². The number of ether oxygens (including phenoxy) is 1. The second-order valence-corrected chi connectivity index (χ2v) is 6.74. The third-order valence-electron chi connectivity index (χ3n) is 4.80. The zero-order valence-electron chi connectivity index (χ0n) is 16.2. The standard InChI is InChI=1S/C18H19N5O7/c1-3-30-14(24)12-8-19-16(26)20-13(12)9-22-15(25)18(2,21-17(22)27)10-5-4-6-11(7-10)23(28)29/h4-7H,3,8-9H2,1-2H3,(H,21,27)(H2,19,20,26). The molecule has 0 saturated carbocycles. The van der Waals surface area contributed by atoms with Crippen LogP contribution >= 0.6 is 0 Å². The summed E-state index contributed by atoms with van der Waals surface area (Å²) in [6, 6.07) is 4.02. The molecular weight excluding hydrogens is 398 g/mol. The van der Waals surface area contributed by atoms with Crippen molar-refractivity contribution in [3.63, 3.8) is 0 Å². The third kappa shape index (κ3) is 3.66. The molecule has 0 aromatic heterocycles. The first-order valence-electron chi connectivity index (χ1n) is 9.00. The summed E-state index contributed by atoms with van der Waals surface area (Å²) in [5, 5.41) is 18.4. The van der Waals surface area contributed by atoms with Crippen molar-refractivity contribution in [3.8, 4) is 0 Å². The van der Waals surface area contributed by atoms with E-state index in [0.29, 0.717) is 0 Å². The Morgan fingerprint density at radius 1 is 1.33 bits per heavy atom. The van der Waals surface area contributed by atoms with E-state index in [1.54, 1.807) is 6.92 Å². The smallest absolute Gasteiger partial charge is 0.337 e. The van der Waals surface area contributed by atoms with Crippen molar-refractivity contribution in [3.05, 3.63) is 51.2 Å². The Kier molecular flexibility index (Phi) is 5.41. The number of urea groups is 2. The number of hydrogen-bond acceptors (Lipinski definition) is 7. The number of non-ortho nitro benzene ring substituents is 1. The molecule has 12 nitrogen and oxygen atoms in total. The molecule has 0 spiro atoms. The van der Waals surface area contributed by atoms with E-state index in [2.05, 4.69) is 16.0 Å². The van der Waals surface area contributed by atoms with Crippen molar-refractivity contribution in [2.24, 2.45) is 0 Å². The number of nitro groups is 1. The molecule has 1 aromatic rings. The molecule has 1 aromatic carbocycles. The van der Waals surface area contributed by atoms with Gasteiger partial charge in [0.2, 0.25) is 0 Å². The quantitative estimate of drug-likeness (QED) is 0.263. The second-order valence-electron chi connectivity index (χ2n) is 6.74. The lowest BCUT2D eigenvalue weighted by molar-refractivity contribution is -0.385. The van der Waals surface area contributed by atoms with E-state index in [1.165, 1.54) is 31.2 Å². The molecule has 2 heterocycles. The summed E-state index contributed by atoms with van der Waals surface area (Å²) in [5.41, 5.74) is -1.41. The van der Waals surface area contributed by atoms with Gasteiger partial charge in [-0.3, -0.25) is 19.8 Å². The van der Waals surface area contributed by atoms with Crippen molar-refractivity contribution in [1.82, 2.24) is 20.9 Å². The summed E-state index contributed by atoms with van der Waals surface area (Å²) in [6.07, 6.45) is 0. The zero-order chi connectivity index (χ0) is 22.1. The predicted molar refractivity (Wildman–Crippen MR) is 101 cm³/mol. The van der Waals surface area contributed by atoms with Crippen LogP contribution in [0.4, 0.5) is 15.3 Å². The predicted octanol–water partition coefficient (Wildman–Crippen LogP) is 0.492. The van der Waals surface area contributed by atoms with Crippen LogP contribution in [0.5, 0.6) is 0 Å². The highest BCUT2D eigenvalue weighted by Crippen LogP contribution is 2.31. The molecule has 5 amide bonds. The van der Waals surface area contributed by atoms with Crippen LogP contribution in [0.15, 0.2) is 35.5 Å². The number of nitro benzene ring substituents is 1. The lowest BCUT2D eigenvalue weighted by Gasteiger charge is -2.25. The van der Waals surface area contributed by atoms with Gasteiger partial charge < -0.3 is 20.7 Å². The maximum absolute atomic E-state index is 13.1. The van der Waals surface area contributed by atoms with Crippen LogP contribution in [0, 0.1) is 10.1 Å². The number of hydrogen-bond donors (Lipinski definition) is 3. The minimum atomic E-state index is -1.55. The largest absolute Gasteiger partial charge is 0.463 e. The average Bonchev–Trinajstić information content (AvgIpc) is 2.92. The number of nitrogens with zero attached hydrogens (tertiary/aromatic N) is 2. The van der Waals surface area contributed by atoms with Gasteiger partial charge in [0.05, 0.1) is 35.9 Å². The van der Waals surface area contributed by atoms with Crippen LogP contribution in [0.25, 0.3) is 0 Å². The summed E-state index contributed by atoms with van der Waals surface area (Å²) in [6.45, 7) is 2.66. The van der Waals surface area contributed by atoms with E-state index in [1.807, 2.05) is 0 Å². The Labute approximate surface area is 170 Å². The van der Waals surface area contributed by atoms with Crippen LogP contribution < -0.4 is 16.0 Å². The number of esters is 1. The van der Waals surface area contributed by atoms with Crippen LogP contribution in [0.1, 0.15) is 19.4 Å². The lowest BCUT2D eigenvalue weighted by Crippen LogP contribution is -2.48. The highest BCUT2D eigenvalue weighted by Gasteiger charge is 2.50. The molecule has 2 aliphatic rings. The molecule has 0 aliphatic carbocycles. The van der Waals surface area contributed by atoms with E-state index in [4.69, 9.17) is 4.74 Å². The van der Waals surface area contributed by atoms with Gasteiger partial charge in [0.25, 0.3) is 11.6 Å². The summed E-state index contributed by atoms with van der Waals surface area (Å²) in [4.78, 5) is 60.8.